The van der Waals surface area contributed by atoms with Gasteiger partial charge in [0.1, 0.15) is 0 Å². The number of carbonyl (C=O) groups is 1. The van der Waals surface area contributed by atoms with Gasteiger partial charge in [-0.25, -0.2) is 0 Å². The smallest absolute Gasteiger partial charge is 0.238 e. The lowest BCUT2D eigenvalue weighted by Crippen LogP contribution is -2.35. The van der Waals surface area contributed by atoms with Crippen LogP contribution < -0.4 is 5.32 Å². The molecule has 142 valence electrons. The van der Waals surface area contributed by atoms with Crippen LogP contribution in [0.2, 0.25) is 0 Å². The summed E-state index contributed by atoms with van der Waals surface area (Å²) in [7, 11) is 2.05. The number of hydrogen-bond acceptors (Lipinski definition) is 2. The molecule has 0 radical (unpaired) electrons. The Balaban J connectivity index is 1.48. The number of para-hydroxylation sites is 1. The van der Waals surface area contributed by atoms with Crippen LogP contribution in [-0.2, 0) is 11.2 Å². The first-order chi connectivity index (χ1) is 13.7. The van der Waals surface area contributed by atoms with Crippen molar-refractivity contribution in [2.45, 2.75) is 25.3 Å². The van der Waals surface area contributed by atoms with Crippen LogP contribution >= 0.6 is 0 Å². The molecule has 0 aromatic heterocycles. The first kappa shape index (κ1) is 18.5. The minimum absolute atomic E-state index is 0.0222. The first-order valence-corrected chi connectivity index (χ1v) is 9.95. The Labute approximate surface area is 167 Å². The van der Waals surface area contributed by atoms with Gasteiger partial charge in [0.05, 0.1) is 6.54 Å². The third-order valence-corrected chi connectivity index (χ3v) is 5.55. The predicted octanol–water partition coefficient (Wildman–Crippen LogP) is 5.30. The average Bonchev–Trinajstić information content (AvgIpc) is 2.74. The van der Waals surface area contributed by atoms with E-state index in [1.54, 1.807) is 0 Å². The van der Waals surface area contributed by atoms with Crippen LogP contribution in [0.4, 0.5) is 5.69 Å². The van der Waals surface area contributed by atoms with E-state index in [-0.39, 0.29) is 5.91 Å². The van der Waals surface area contributed by atoms with Gasteiger partial charge in [-0.15, -0.1) is 0 Å². The molecule has 3 nitrogen and oxygen atoms in total. The maximum Gasteiger partial charge on any atom is 0.238 e. The molecule has 0 spiro atoms. The molecule has 1 atom stereocenters. The zero-order valence-corrected chi connectivity index (χ0v) is 16.3. The SMILES string of the molecule is CN(CC(=O)Nc1ccccc1-c1ccccc1)C1CCCc2ccccc21. The maximum atomic E-state index is 12.8. The highest BCUT2D eigenvalue weighted by atomic mass is 16.2. The van der Waals surface area contributed by atoms with Gasteiger partial charge in [-0.05, 0) is 49.1 Å². The molecule has 28 heavy (non-hydrogen) atoms. The van der Waals surface area contributed by atoms with Crippen LogP contribution in [0.1, 0.15) is 30.0 Å². The lowest BCUT2D eigenvalue weighted by molar-refractivity contribution is -0.117. The van der Waals surface area contributed by atoms with Crippen LogP contribution in [0.25, 0.3) is 11.1 Å². The fourth-order valence-corrected chi connectivity index (χ4v) is 4.17. The van der Waals surface area contributed by atoms with E-state index < -0.39 is 0 Å². The standard InChI is InChI=1S/C25H26N2O/c1-27(24-17-9-13-20-12-5-6-15-22(20)24)18-25(28)26-23-16-8-7-14-21(23)19-10-3-2-4-11-19/h2-8,10-12,14-16,24H,9,13,17-18H2,1H3,(H,26,28). The zero-order valence-electron chi connectivity index (χ0n) is 16.3. The molecule has 1 amide bonds. The van der Waals surface area contributed by atoms with Crippen molar-refractivity contribution in [3.8, 4) is 11.1 Å². The summed E-state index contributed by atoms with van der Waals surface area (Å²) in [6.07, 6.45) is 3.41. The third kappa shape index (κ3) is 4.00. The topological polar surface area (TPSA) is 32.3 Å². The Morgan fingerprint density at radius 3 is 2.54 bits per heavy atom. The second kappa shape index (κ2) is 8.41. The molecule has 0 saturated heterocycles. The van der Waals surface area contributed by atoms with Crippen LogP contribution in [-0.4, -0.2) is 24.4 Å². The summed E-state index contributed by atoms with van der Waals surface area (Å²) in [5.74, 6) is 0.0222. The van der Waals surface area contributed by atoms with Crippen molar-refractivity contribution in [3.05, 3.63) is 90.0 Å². The molecule has 3 heteroatoms. The molecule has 1 N–H and O–H groups in total. The monoisotopic (exact) mass is 370 g/mol. The van der Waals surface area contributed by atoms with Gasteiger partial charge in [0.2, 0.25) is 5.91 Å². The second-order valence-electron chi connectivity index (χ2n) is 7.48. The molecule has 0 saturated carbocycles. The Bertz CT molecular complexity index is 952. The molecule has 4 rings (SSSR count). The van der Waals surface area contributed by atoms with Crippen molar-refractivity contribution in [1.29, 1.82) is 0 Å². The molecule has 0 aliphatic heterocycles. The molecule has 0 heterocycles. The number of nitrogens with zero attached hydrogens (tertiary/aromatic N) is 1. The zero-order chi connectivity index (χ0) is 19.3. The van der Waals surface area contributed by atoms with Crippen LogP contribution in [0, 0.1) is 0 Å². The number of amides is 1. The van der Waals surface area contributed by atoms with E-state index in [9.17, 15) is 4.79 Å². The number of carbonyl (C=O) groups excluding carboxylic acids is 1. The quantitative estimate of drug-likeness (QED) is 0.661. The first-order valence-electron chi connectivity index (χ1n) is 9.95. The van der Waals surface area contributed by atoms with Gasteiger partial charge >= 0.3 is 0 Å². The Hall–Kier alpha value is -2.91. The molecular formula is C25H26N2O. The van der Waals surface area contributed by atoms with Crippen LogP contribution in [0.3, 0.4) is 0 Å². The van der Waals surface area contributed by atoms with Crippen molar-refractivity contribution in [3.63, 3.8) is 0 Å². The minimum atomic E-state index is 0.0222. The molecular weight excluding hydrogens is 344 g/mol. The van der Waals surface area contributed by atoms with Gasteiger partial charge in [0, 0.05) is 17.3 Å². The fourth-order valence-electron chi connectivity index (χ4n) is 4.17. The molecule has 1 aliphatic carbocycles. The molecule has 0 bridgehead atoms. The maximum absolute atomic E-state index is 12.8. The Kier molecular flexibility index (Phi) is 5.54. The summed E-state index contributed by atoms with van der Waals surface area (Å²) in [5.41, 5.74) is 5.79. The number of benzene rings is 3. The van der Waals surface area contributed by atoms with Gasteiger partial charge in [-0.1, -0.05) is 72.8 Å². The van der Waals surface area contributed by atoms with E-state index in [2.05, 4.69) is 53.7 Å². The van der Waals surface area contributed by atoms with Crippen molar-refractivity contribution >= 4 is 11.6 Å². The molecule has 1 aliphatic rings. The van der Waals surface area contributed by atoms with Gasteiger partial charge in [0.25, 0.3) is 0 Å². The summed E-state index contributed by atoms with van der Waals surface area (Å²) in [4.78, 5) is 15.0. The summed E-state index contributed by atoms with van der Waals surface area (Å²) >= 11 is 0. The Morgan fingerprint density at radius 1 is 0.964 bits per heavy atom. The highest BCUT2D eigenvalue weighted by Gasteiger charge is 2.24. The van der Waals surface area contributed by atoms with Crippen molar-refractivity contribution in [2.75, 3.05) is 18.9 Å². The largest absolute Gasteiger partial charge is 0.324 e. The number of fused-ring (bicyclic) bond motifs is 1. The Morgan fingerprint density at radius 2 is 1.68 bits per heavy atom. The van der Waals surface area contributed by atoms with E-state index in [0.717, 1.165) is 29.7 Å². The van der Waals surface area contributed by atoms with Crippen molar-refractivity contribution < 1.29 is 4.79 Å². The summed E-state index contributed by atoms with van der Waals surface area (Å²) in [5, 5.41) is 3.12. The van der Waals surface area contributed by atoms with E-state index in [4.69, 9.17) is 0 Å². The van der Waals surface area contributed by atoms with Gasteiger partial charge in [-0.3, -0.25) is 9.69 Å². The number of hydrogen-bond donors (Lipinski definition) is 1. The molecule has 3 aromatic rings. The van der Waals surface area contributed by atoms with Gasteiger partial charge in [-0.2, -0.15) is 0 Å². The van der Waals surface area contributed by atoms with Crippen molar-refractivity contribution in [1.82, 2.24) is 4.90 Å². The van der Waals surface area contributed by atoms with Crippen molar-refractivity contribution in [2.24, 2.45) is 0 Å². The molecule has 0 fully saturated rings. The van der Waals surface area contributed by atoms with E-state index in [0.29, 0.717) is 12.6 Å². The van der Waals surface area contributed by atoms with Gasteiger partial charge < -0.3 is 5.32 Å². The number of nitrogens with one attached hydrogen (secondary N) is 1. The van der Waals surface area contributed by atoms with E-state index in [1.165, 1.54) is 17.5 Å². The summed E-state index contributed by atoms with van der Waals surface area (Å²) < 4.78 is 0. The van der Waals surface area contributed by atoms with E-state index >= 15 is 0 Å². The average molecular weight is 370 g/mol. The van der Waals surface area contributed by atoms with Gasteiger partial charge in [0.15, 0.2) is 0 Å². The fraction of sp³-hybridized carbons (Fsp3) is 0.240. The highest BCUT2D eigenvalue weighted by Crippen LogP contribution is 2.33. The summed E-state index contributed by atoms with van der Waals surface area (Å²) in [6, 6.07) is 27.1. The normalized spacial score (nSPS) is 15.9. The second-order valence-corrected chi connectivity index (χ2v) is 7.48. The lowest BCUT2D eigenvalue weighted by Gasteiger charge is -2.33. The number of anilines is 1. The number of aryl methyl sites for hydroxylation is 1. The van der Waals surface area contributed by atoms with E-state index in [1.807, 2.05) is 42.5 Å². The molecule has 1 unspecified atom stereocenters. The highest BCUT2D eigenvalue weighted by molar-refractivity contribution is 5.96. The lowest BCUT2D eigenvalue weighted by atomic mass is 9.87. The third-order valence-electron chi connectivity index (χ3n) is 5.55. The molecule has 3 aromatic carbocycles. The number of likely N-dealkylation sites (N-methyl/N-ethyl adjacent to an activating group) is 1. The number of rotatable bonds is 5. The predicted molar refractivity (Wildman–Crippen MR) is 115 cm³/mol. The minimum Gasteiger partial charge on any atom is -0.324 e. The van der Waals surface area contributed by atoms with Crippen LogP contribution in [0.5, 0.6) is 0 Å². The van der Waals surface area contributed by atoms with Crippen LogP contribution in [0.15, 0.2) is 78.9 Å². The summed E-state index contributed by atoms with van der Waals surface area (Å²) in [6.45, 7) is 0.377.